The quantitative estimate of drug-likeness (QED) is 0.374. The van der Waals surface area contributed by atoms with Gasteiger partial charge in [-0.05, 0) is 55.2 Å². The largest absolute Gasteiger partial charge is 0.454 e. The number of pyridine rings is 1. The molecule has 1 amide bonds. The number of anilines is 1. The van der Waals surface area contributed by atoms with Crippen LogP contribution in [0, 0.1) is 6.92 Å². The summed E-state index contributed by atoms with van der Waals surface area (Å²) in [5.41, 5.74) is 2.36. The van der Waals surface area contributed by atoms with Gasteiger partial charge in [-0.25, -0.2) is 4.98 Å². The lowest BCUT2D eigenvalue weighted by atomic mass is 10.2. The summed E-state index contributed by atoms with van der Waals surface area (Å²) in [6.07, 6.45) is 5.31. The Balaban J connectivity index is 1.33. The molecule has 3 aromatic rings. The molecule has 3 aliphatic heterocycles. The van der Waals surface area contributed by atoms with E-state index in [2.05, 4.69) is 5.32 Å². The number of benzene rings is 1. The SMILES string of the molecule is Cc1cccn2c(=O)c(/C=C3\SC(=S)N(Cc4ccc5c(c4)OCO5)C3=O)c(NC[C@H]3CCCO3)nc12. The first-order valence-electron chi connectivity index (χ1n) is 12.0. The summed E-state index contributed by atoms with van der Waals surface area (Å²) in [5, 5.41) is 3.30. The average molecular weight is 537 g/mol. The number of thiocarbonyl (C=S) groups is 1. The van der Waals surface area contributed by atoms with Gasteiger partial charge in [-0.15, -0.1) is 0 Å². The molecule has 0 unspecified atom stereocenters. The fourth-order valence-electron chi connectivity index (χ4n) is 4.58. The molecule has 11 heteroatoms. The first kappa shape index (κ1) is 24.0. The van der Waals surface area contributed by atoms with Gasteiger partial charge in [0.05, 0.1) is 23.1 Å². The Morgan fingerprint density at radius 2 is 2.11 bits per heavy atom. The minimum Gasteiger partial charge on any atom is -0.454 e. The molecule has 2 aromatic heterocycles. The van der Waals surface area contributed by atoms with Gasteiger partial charge in [-0.3, -0.25) is 18.9 Å². The number of nitrogens with one attached hydrogen (secondary N) is 1. The van der Waals surface area contributed by atoms with Crippen LogP contribution in [-0.2, 0) is 16.1 Å². The number of aromatic nitrogens is 2. The van der Waals surface area contributed by atoms with E-state index in [4.69, 9.17) is 31.4 Å². The topological polar surface area (TPSA) is 94.4 Å². The summed E-state index contributed by atoms with van der Waals surface area (Å²) < 4.78 is 18.5. The number of hydrogen-bond acceptors (Lipinski definition) is 9. The average Bonchev–Trinajstić information content (AvgIpc) is 3.63. The standard InChI is InChI=1S/C26H24N4O5S2/c1-15-4-2-8-29-23(15)28-22(27-12-17-5-3-9-33-17)18(24(29)31)11-21-25(32)30(26(36)37-21)13-16-6-7-19-20(10-16)35-14-34-19/h2,4,6-8,10-11,17,27H,3,5,9,12-14H2,1H3/b21-11-/t17-/m1/s1. The van der Waals surface area contributed by atoms with E-state index in [1.54, 1.807) is 18.3 Å². The summed E-state index contributed by atoms with van der Waals surface area (Å²) in [6.45, 7) is 3.64. The molecule has 0 saturated carbocycles. The second-order valence-corrected chi connectivity index (χ2v) is 10.7. The highest BCUT2D eigenvalue weighted by atomic mass is 32.2. The maximum absolute atomic E-state index is 13.6. The Morgan fingerprint density at radius 1 is 1.24 bits per heavy atom. The first-order chi connectivity index (χ1) is 18.0. The summed E-state index contributed by atoms with van der Waals surface area (Å²) in [7, 11) is 0. The molecular formula is C26H24N4O5S2. The number of ether oxygens (including phenoxy) is 3. The molecule has 1 aromatic carbocycles. The van der Waals surface area contributed by atoms with Gasteiger partial charge in [0.15, 0.2) is 11.5 Å². The number of nitrogens with zero attached hydrogens (tertiary/aromatic N) is 3. The summed E-state index contributed by atoms with van der Waals surface area (Å²) in [6, 6.07) is 9.26. The van der Waals surface area contributed by atoms with Crippen molar-refractivity contribution >= 4 is 51.7 Å². The number of amides is 1. The van der Waals surface area contributed by atoms with E-state index in [1.807, 2.05) is 31.2 Å². The summed E-state index contributed by atoms with van der Waals surface area (Å²) in [5.74, 6) is 1.49. The van der Waals surface area contributed by atoms with Crippen LogP contribution in [0.25, 0.3) is 11.7 Å². The van der Waals surface area contributed by atoms with Gasteiger partial charge in [0.2, 0.25) is 6.79 Å². The number of aryl methyl sites for hydroxylation is 1. The zero-order valence-electron chi connectivity index (χ0n) is 20.1. The van der Waals surface area contributed by atoms with Crippen molar-refractivity contribution < 1.29 is 19.0 Å². The van der Waals surface area contributed by atoms with Crippen LogP contribution in [0.15, 0.2) is 46.2 Å². The van der Waals surface area contributed by atoms with Gasteiger partial charge >= 0.3 is 0 Å². The highest BCUT2D eigenvalue weighted by Crippen LogP contribution is 2.36. The van der Waals surface area contributed by atoms with Crippen LogP contribution in [0.1, 0.15) is 29.5 Å². The molecule has 190 valence electrons. The van der Waals surface area contributed by atoms with E-state index in [9.17, 15) is 9.59 Å². The Labute approximate surface area is 222 Å². The van der Waals surface area contributed by atoms with Crippen molar-refractivity contribution in [2.75, 3.05) is 25.3 Å². The molecule has 0 radical (unpaired) electrons. The van der Waals surface area contributed by atoms with Gasteiger partial charge in [-0.2, -0.15) is 0 Å². The number of rotatable bonds is 6. The van der Waals surface area contributed by atoms with Crippen LogP contribution < -0.4 is 20.3 Å². The lowest BCUT2D eigenvalue weighted by molar-refractivity contribution is -0.122. The summed E-state index contributed by atoms with van der Waals surface area (Å²) >= 11 is 6.71. The zero-order valence-corrected chi connectivity index (χ0v) is 21.7. The molecule has 2 saturated heterocycles. The van der Waals surface area contributed by atoms with E-state index >= 15 is 0 Å². The molecule has 1 atom stereocenters. The Morgan fingerprint density at radius 3 is 2.95 bits per heavy atom. The molecule has 9 nitrogen and oxygen atoms in total. The van der Waals surface area contributed by atoms with Crippen molar-refractivity contribution in [1.29, 1.82) is 0 Å². The third-order valence-corrected chi connectivity index (χ3v) is 7.91. The first-order valence-corrected chi connectivity index (χ1v) is 13.2. The van der Waals surface area contributed by atoms with Crippen LogP contribution in [-0.4, -0.2) is 50.6 Å². The molecule has 2 fully saturated rings. The fraction of sp³-hybridized carbons (Fsp3) is 0.308. The summed E-state index contributed by atoms with van der Waals surface area (Å²) in [4.78, 5) is 33.6. The highest BCUT2D eigenvalue weighted by Gasteiger charge is 2.33. The molecule has 37 heavy (non-hydrogen) atoms. The second-order valence-electron chi connectivity index (χ2n) is 9.04. The van der Waals surface area contributed by atoms with E-state index in [0.29, 0.717) is 44.3 Å². The van der Waals surface area contributed by atoms with Gasteiger partial charge in [0.1, 0.15) is 15.8 Å². The van der Waals surface area contributed by atoms with E-state index < -0.39 is 0 Å². The van der Waals surface area contributed by atoms with Crippen LogP contribution in [0.5, 0.6) is 11.5 Å². The maximum Gasteiger partial charge on any atom is 0.267 e. The van der Waals surface area contributed by atoms with Gasteiger partial charge in [-0.1, -0.05) is 36.1 Å². The molecule has 1 N–H and O–H groups in total. The van der Waals surface area contributed by atoms with Crippen molar-refractivity contribution in [1.82, 2.24) is 14.3 Å². The molecule has 0 bridgehead atoms. The Bertz CT molecular complexity index is 1510. The van der Waals surface area contributed by atoms with Crippen molar-refractivity contribution in [3.63, 3.8) is 0 Å². The van der Waals surface area contributed by atoms with Crippen LogP contribution in [0.2, 0.25) is 0 Å². The lowest BCUT2D eigenvalue weighted by Gasteiger charge is -2.15. The van der Waals surface area contributed by atoms with Crippen molar-refractivity contribution in [3.05, 3.63) is 68.5 Å². The Kier molecular flexibility index (Phi) is 6.35. The molecule has 3 aliphatic rings. The number of carbonyl (C=O) groups excluding carboxylic acids is 1. The smallest absolute Gasteiger partial charge is 0.267 e. The number of thioether (sulfide) groups is 1. The monoisotopic (exact) mass is 536 g/mol. The van der Waals surface area contributed by atoms with Crippen molar-refractivity contribution in [3.8, 4) is 11.5 Å². The second kappa shape index (κ2) is 9.81. The van der Waals surface area contributed by atoms with E-state index in [0.717, 1.165) is 30.6 Å². The lowest BCUT2D eigenvalue weighted by Crippen LogP contribution is -2.27. The van der Waals surface area contributed by atoms with Crippen molar-refractivity contribution in [2.45, 2.75) is 32.4 Å². The molecule has 6 rings (SSSR count). The van der Waals surface area contributed by atoms with E-state index in [-0.39, 0.29) is 30.9 Å². The zero-order chi connectivity index (χ0) is 25.5. The fourth-order valence-corrected chi connectivity index (χ4v) is 5.82. The molecule has 0 spiro atoms. The highest BCUT2D eigenvalue weighted by molar-refractivity contribution is 8.26. The minimum atomic E-state index is -0.260. The number of hydrogen-bond donors (Lipinski definition) is 1. The van der Waals surface area contributed by atoms with Crippen LogP contribution >= 0.6 is 24.0 Å². The predicted octanol–water partition coefficient (Wildman–Crippen LogP) is 3.72. The molecule has 5 heterocycles. The Hall–Kier alpha value is -3.41. The number of fused-ring (bicyclic) bond motifs is 2. The third kappa shape index (κ3) is 4.58. The van der Waals surface area contributed by atoms with E-state index in [1.165, 1.54) is 21.1 Å². The molecule has 0 aliphatic carbocycles. The normalized spacial score (nSPS) is 20.0. The third-order valence-electron chi connectivity index (χ3n) is 6.53. The minimum absolute atomic E-state index is 0.0601. The van der Waals surface area contributed by atoms with Gasteiger partial charge < -0.3 is 19.5 Å². The molecular weight excluding hydrogens is 512 g/mol. The van der Waals surface area contributed by atoms with Crippen LogP contribution in [0.3, 0.4) is 0 Å². The number of carbonyl (C=O) groups is 1. The predicted molar refractivity (Wildman–Crippen MR) is 145 cm³/mol. The van der Waals surface area contributed by atoms with Gasteiger partial charge in [0, 0.05) is 19.3 Å². The maximum atomic E-state index is 13.6. The van der Waals surface area contributed by atoms with Crippen molar-refractivity contribution in [2.24, 2.45) is 0 Å². The van der Waals surface area contributed by atoms with Gasteiger partial charge in [0.25, 0.3) is 11.5 Å². The van der Waals surface area contributed by atoms with Crippen LogP contribution in [0.4, 0.5) is 5.82 Å².